The van der Waals surface area contributed by atoms with Crippen molar-refractivity contribution in [1.29, 1.82) is 0 Å². The van der Waals surface area contributed by atoms with Crippen LogP contribution in [0.15, 0.2) is 60.7 Å². The quantitative estimate of drug-likeness (QED) is 0.728. The summed E-state index contributed by atoms with van der Waals surface area (Å²) in [5.41, 5.74) is 6.99. The molecule has 7 heteroatoms. The van der Waals surface area contributed by atoms with Crippen molar-refractivity contribution in [1.82, 2.24) is 4.90 Å². The molecular formula is C23H28N2O5. The minimum absolute atomic E-state index is 0.0290. The van der Waals surface area contributed by atoms with E-state index >= 15 is 0 Å². The number of ether oxygens (including phenoxy) is 2. The maximum absolute atomic E-state index is 13.6. The molecule has 4 atom stereocenters. The molecular weight excluding hydrogens is 384 g/mol. The number of primary amides is 1. The van der Waals surface area contributed by atoms with Crippen LogP contribution in [0, 0.1) is 11.8 Å². The summed E-state index contributed by atoms with van der Waals surface area (Å²) in [4.78, 5) is 26.8. The summed E-state index contributed by atoms with van der Waals surface area (Å²) in [5, 5.41) is 10.4. The first kappa shape index (κ1) is 21.8. The third-order valence-electron chi connectivity index (χ3n) is 5.39. The van der Waals surface area contributed by atoms with Crippen LogP contribution >= 0.6 is 0 Å². The standard InChI is InChI=1S/C23H28N2O5/c1-15(2)19(20(30-23(24)28)17-11-7-4-8-12-17)21(26)25-14-29-22(27)18(25)13-16-9-5-3-6-10-16/h3-12,15,18-20,22,27H,13-14H2,1-2H3,(H2,24,28)/t18-,19-,20?,22+/m0/s1. The first-order chi connectivity index (χ1) is 14.4. The smallest absolute Gasteiger partial charge is 0.405 e. The molecule has 1 fully saturated rings. The lowest BCUT2D eigenvalue weighted by Gasteiger charge is -2.34. The van der Waals surface area contributed by atoms with Crippen molar-refractivity contribution in [3.05, 3.63) is 71.8 Å². The Hall–Kier alpha value is -2.90. The van der Waals surface area contributed by atoms with Gasteiger partial charge in [-0.1, -0.05) is 74.5 Å². The number of amides is 2. The van der Waals surface area contributed by atoms with Crippen molar-refractivity contribution in [2.45, 2.75) is 38.7 Å². The van der Waals surface area contributed by atoms with E-state index < -0.39 is 30.4 Å². The Morgan fingerprint density at radius 1 is 1.13 bits per heavy atom. The summed E-state index contributed by atoms with van der Waals surface area (Å²) in [6, 6.07) is 18.1. The molecule has 3 N–H and O–H groups in total. The van der Waals surface area contributed by atoms with Crippen LogP contribution in [0.5, 0.6) is 0 Å². The predicted octanol–water partition coefficient (Wildman–Crippen LogP) is 2.84. The van der Waals surface area contributed by atoms with Gasteiger partial charge in [0, 0.05) is 0 Å². The Morgan fingerprint density at radius 3 is 2.30 bits per heavy atom. The van der Waals surface area contributed by atoms with Crippen LogP contribution in [0.2, 0.25) is 0 Å². The van der Waals surface area contributed by atoms with Gasteiger partial charge in [-0.3, -0.25) is 4.79 Å². The van der Waals surface area contributed by atoms with E-state index in [4.69, 9.17) is 15.2 Å². The lowest BCUT2D eigenvalue weighted by Crippen LogP contribution is -2.47. The second-order valence-corrected chi connectivity index (χ2v) is 7.79. The Bertz CT molecular complexity index is 843. The highest BCUT2D eigenvalue weighted by molar-refractivity contribution is 5.81. The number of carbonyl (C=O) groups is 2. The van der Waals surface area contributed by atoms with E-state index in [2.05, 4.69) is 0 Å². The molecule has 0 spiro atoms. The fourth-order valence-corrected chi connectivity index (χ4v) is 3.88. The molecule has 3 rings (SSSR count). The van der Waals surface area contributed by atoms with Crippen molar-refractivity contribution >= 4 is 12.0 Å². The molecule has 2 amide bonds. The van der Waals surface area contributed by atoms with Gasteiger partial charge in [-0.05, 0) is 23.5 Å². The summed E-state index contributed by atoms with van der Waals surface area (Å²) in [7, 11) is 0. The van der Waals surface area contributed by atoms with Crippen molar-refractivity contribution in [2.75, 3.05) is 6.73 Å². The number of hydrogen-bond acceptors (Lipinski definition) is 5. The molecule has 1 aliphatic heterocycles. The largest absolute Gasteiger partial charge is 0.441 e. The van der Waals surface area contributed by atoms with Gasteiger partial charge in [0.1, 0.15) is 12.8 Å². The highest BCUT2D eigenvalue weighted by Crippen LogP contribution is 2.35. The van der Waals surface area contributed by atoms with Crippen molar-refractivity contribution in [3.63, 3.8) is 0 Å². The van der Waals surface area contributed by atoms with Gasteiger partial charge in [-0.25, -0.2) is 4.79 Å². The molecule has 0 saturated carbocycles. The fourth-order valence-electron chi connectivity index (χ4n) is 3.88. The van der Waals surface area contributed by atoms with E-state index in [-0.39, 0.29) is 18.6 Å². The number of benzene rings is 2. The van der Waals surface area contributed by atoms with Crippen molar-refractivity contribution < 1.29 is 24.2 Å². The number of rotatable bonds is 7. The average Bonchev–Trinajstić information content (AvgIpc) is 3.08. The van der Waals surface area contributed by atoms with Gasteiger partial charge in [0.25, 0.3) is 0 Å². The molecule has 30 heavy (non-hydrogen) atoms. The number of aliphatic hydroxyl groups is 1. The molecule has 1 aliphatic rings. The highest BCUT2D eigenvalue weighted by atomic mass is 16.6. The molecule has 2 aromatic carbocycles. The van der Waals surface area contributed by atoms with E-state index in [1.54, 1.807) is 12.1 Å². The van der Waals surface area contributed by atoms with Gasteiger partial charge in [-0.15, -0.1) is 0 Å². The summed E-state index contributed by atoms with van der Waals surface area (Å²) in [6.45, 7) is 3.75. The maximum Gasteiger partial charge on any atom is 0.405 e. The van der Waals surface area contributed by atoms with Crippen LogP contribution in [0.1, 0.15) is 31.1 Å². The summed E-state index contributed by atoms with van der Waals surface area (Å²) in [6.07, 6.45) is -2.42. The first-order valence-electron chi connectivity index (χ1n) is 10.0. The Labute approximate surface area is 176 Å². The molecule has 0 aromatic heterocycles. The Kier molecular flexibility index (Phi) is 7.07. The average molecular weight is 412 g/mol. The third-order valence-corrected chi connectivity index (χ3v) is 5.39. The molecule has 1 heterocycles. The van der Waals surface area contributed by atoms with Gasteiger partial charge in [-0.2, -0.15) is 0 Å². The maximum atomic E-state index is 13.6. The van der Waals surface area contributed by atoms with Gasteiger partial charge in [0.2, 0.25) is 5.91 Å². The molecule has 1 unspecified atom stereocenters. The second-order valence-electron chi connectivity index (χ2n) is 7.79. The molecule has 2 aromatic rings. The van der Waals surface area contributed by atoms with E-state index in [1.165, 1.54) is 4.90 Å². The normalized spacial score (nSPS) is 20.7. The number of nitrogens with two attached hydrogens (primary N) is 1. The van der Waals surface area contributed by atoms with Gasteiger partial charge < -0.3 is 25.2 Å². The van der Waals surface area contributed by atoms with Crippen LogP contribution in [0.25, 0.3) is 0 Å². The predicted molar refractivity (Wildman–Crippen MR) is 111 cm³/mol. The summed E-state index contributed by atoms with van der Waals surface area (Å²) >= 11 is 0. The summed E-state index contributed by atoms with van der Waals surface area (Å²) in [5.74, 6) is -1.10. The van der Waals surface area contributed by atoms with Crippen LogP contribution in [0.3, 0.4) is 0 Å². The SMILES string of the molecule is CC(C)[C@H](C(=O)N1CO[C@@H](O)[C@@H]1Cc1ccccc1)C(OC(N)=O)c1ccccc1. The number of aliphatic hydroxyl groups excluding tert-OH is 1. The summed E-state index contributed by atoms with van der Waals surface area (Å²) < 4.78 is 10.8. The van der Waals surface area contributed by atoms with E-state index in [0.29, 0.717) is 12.0 Å². The van der Waals surface area contributed by atoms with Crippen LogP contribution < -0.4 is 5.73 Å². The topological polar surface area (TPSA) is 102 Å². The van der Waals surface area contributed by atoms with Crippen LogP contribution in [-0.4, -0.2) is 41.1 Å². The molecule has 7 nitrogen and oxygen atoms in total. The van der Waals surface area contributed by atoms with E-state index in [0.717, 1.165) is 5.56 Å². The lowest BCUT2D eigenvalue weighted by molar-refractivity contribution is -0.143. The molecule has 0 radical (unpaired) electrons. The Balaban J connectivity index is 1.90. The molecule has 0 bridgehead atoms. The minimum atomic E-state index is -1.09. The number of carbonyl (C=O) groups excluding carboxylic acids is 2. The Morgan fingerprint density at radius 2 is 1.73 bits per heavy atom. The van der Waals surface area contributed by atoms with E-state index in [9.17, 15) is 14.7 Å². The van der Waals surface area contributed by atoms with Crippen molar-refractivity contribution in [3.8, 4) is 0 Å². The second kappa shape index (κ2) is 9.73. The van der Waals surface area contributed by atoms with Gasteiger partial charge in [0.05, 0.1) is 12.0 Å². The van der Waals surface area contributed by atoms with Crippen molar-refractivity contribution in [2.24, 2.45) is 17.6 Å². The number of nitrogens with zero attached hydrogens (tertiary/aromatic N) is 1. The molecule has 0 aliphatic carbocycles. The first-order valence-corrected chi connectivity index (χ1v) is 10.0. The highest BCUT2D eigenvalue weighted by Gasteiger charge is 2.44. The molecule has 1 saturated heterocycles. The third kappa shape index (κ3) is 4.98. The minimum Gasteiger partial charge on any atom is -0.441 e. The van der Waals surface area contributed by atoms with Crippen LogP contribution in [0.4, 0.5) is 4.79 Å². The zero-order valence-corrected chi connectivity index (χ0v) is 17.2. The number of hydrogen-bond donors (Lipinski definition) is 2. The zero-order valence-electron chi connectivity index (χ0n) is 17.2. The fraction of sp³-hybridized carbons (Fsp3) is 0.391. The van der Waals surface area contributed by atoms with Crippen LogP contribution in [-0.2, 0) is 20.7 Å². The lowest BCUT2D eigenvalue weighted by atomic mass is 9.84. The monoisotopic (exact) mass is 412 g/mol. The molecule has 160 valence electrons. The zero-order chi connectivity index (χ0) is 21.7. The van der Waals surface area contributed by atoms with E-state index in [1.807, 2.05) is 62.4 Å². The van der Waals surface area contributed by atoms with Gasteiger partial charge >= 0.3 is 6.09 Å². The van der Waals surface area contributed by atoms with Gasteiger partial charge in [0.15, 0.2) is 6.29 Å².